The lowest BCUT2D eigenvalue weighted by Gasteiger charge is -2.17. The normalized spacial score (nSPS) is 11.7. The lowest BCUT2D eigenvalue weighted by Crippen LogP contribution is -2.32. The van der Waals surface area contributed by atoms with Crippen LogP contribution in [0.2, 0.25) is 0 Å². The van der Waals surface area contributed by atoms with Crippen LogP contribution in [0.4, 0.5) is 5.69 Å². The molecule has 0 saturated carbocycles. The number of ether oxygens (including phenoxy) is 1. The van der Waals surface area contributed by atoms with Gasteiger partial charge in [0.25, 0.3) is 11.8 Å². The van der Waals surface area contributed by atoms with Crippen molar-refractivity contribution in [3.8, 4) is 5.75 Å². The first-order valence-electron chi connectivity index (χ1n) is 8.78. The quantitative estimate of drug-likeness (QED) is 0.795. The molecule has 2 rings (SSSR count). The van der Waals surface area contributed by atoms with Gasteiger partial charge in [-0.15, -0.1) is 0 Å². The molecule has 0 aromatic heterocycles. The van der Waals surface area contributed by atoms with E-state index in [1.165, 1.54) is 0 Å². The van der Waals surface area contributed by atoms with E-state index in [9.17, 15) is 9.59 Å². The van der Waals surface area contributed by atoms with Crippen LogP contribution < -0.4 is 15.4 Å². The molecule has 0 heterocycles. The van der Waals surface area contributed by atoms with Gasteiger partial charge in [-0.3, -0.25) is 9.59 Å². The van der Waals surface area contributed by atoms with E-state index >= 15 is 0 Å². The smallest absolute Gasteiger partial charge is 0.265 e. The predicted octanol–water partition coefficient (Wildman–Crippen LogP) is 3.79. The van der Waals surface area contributed by atoms with Crippen LogP contribution in [0.15, 0.2) is 48.5 Å². The Morgan fingerprint density at radius 3 is 2.46 bits per heavy atom. The molecule has 2 aromatic carbocycles. The number of rotatable bonds is 7. The molecule has 0 aliphatic carbocycles. The van der Waals surface area contributed by atoms with Gasteiger partial charge in [-0.2, -0.15) is 0 Å². The number of para-hydroxylation sites is 1. The Labute approximate surface area is 154 Å². The molecule has 1 unspecified atom stereocenters. The van der Waals surface area contributed by atoms with Crippen LogP contribution in [0.1, 0.15) is 36.7 Å². The number of anilines is 1. The highest BCUT2D eigenvalue weighted by Crippen LogP contribution is 2.18. The highest BCUT2D eigenvalue weighted by atomic mass is 16.5. The molecule has 26 heavy (non-hydrogen) atoms. The number of carbonyl (C=O) groups is 2. The van der Waals surface area contributed by atoms with Gasteiger partial charge in [0.2, 0.25) is 0 Å². The van der Waals surface area contributed by atoms with Gasteiger partial charge in [0.15, 0.2) is 6.10 Å². The van der Waals surface area contributed by atoms with Crippen LogP contribution in [0, 0.1) is 12.8 Å². The standard InChI is InChI=1S/C21H26N2O3/c1-14(2)13-22-21(25)18-10-5-6-11-19(18)23-20(24)16(4)26-17-9-7-8-15(3)12-17/h5-12,14,16H,13H2,1-4H3,(H,22,25)(H,23,24). The fourth-order valence-electron chi connectivity index (χ4n) is 2.36. The van der Waals surface area contributed by atoms with Crippen molar-refractivity contribution in [2.24, 2.45) is 5.92 Å². The summed E-state index contributed by atoms with van der Waals surface area (Å²) in [5, 5.41) is 5.65. The molecule has 0 radical (unpaired) electrons. The molecule has 0 spiro atoms. The van der Waals surface area contributed by atoms with Gasteiger partial charge < -0.3 is 15.4 Å². The second kappa shape index (κ2) is 9.04. The second-order valence-corrected chi connectivity index (χ2v) is 6.72. The van der Waals surface area contributed by atoms with E-state index in [1.807, 2.05) is 45.0 Å². The minimum atomic E-state index is -0.691. The van der Waals surface area contributed by atoms with Crippen LogP contribution in [-0.4, -0.2) is 24.5 Å². The first-order chi connectivity index (χ1) is 12.4. The second-order valence-electron chi connectivity index (χ2n) is 6.72. The Balaban J connectivity index is 2.05. The first-order valence-corrected chi connectivity index (χ1v) is 8.78. The zero-order valence-corrected chi connectivity index (χ0v) is 15.7. The van der Waals surface area contributed by atoms with Crippen LogP contribution in [0.5, 0.6) is 5.75 Å². The highest BCUT2D eigenvalue weighted by molar-refractivity contribution is 6.04. The van der Waals surface area contributed by atoms with Gasteiger partial charge in [-0.05, 0) is 49.6 Å². The molecule has 1 atom stereocenters. The largest absolute Gasteiger partial charge is 0.481 e. The molecule has 5 heteroatoms. The summed E-state index contributed by atoms with van der Waals surface area (Å²) in [5.74, 6) is 0.469. The van der Waals surface area contributed by atoms with Gasteiger partial charge >= 0.3 is 0 Å². The summed E-state index contributed by atoms with van der Waals surface area (Å²) in [6.07, 6.45) is -0.691. The number of aryl methyl sites for hydroxylation is 1. The minimum Gasteiger partial charge on any atom is -0.481 e. The fourth-order valence-corrected chi connectivity index (χ4v) is 2.36. The number of benzene rings is 2. The molecule has 0 aliphatic heterocycles. The van der Waals surface area contributed by atoms with E-state index in [1.54, 1.807) is 31.2 Å². The van der Waals surface area contributed by atoms with Crippen LogP contribution >= 0.6 is 0 Å². The molecule has 5 nitrogen and oxygen atoms in total. The fraction of sp³-hybridized carbons (Fsp3) is 0.333. The molecular formula is C21H26N2O3. The molecule has 2 aromatic rings. The van der Waals surface area contributed by atoms with E-state index in [0.29, 0.717) is 29.5 Å². The monoisotopic (exact) mass is 354 g/mol. The van der Waals surface area contributed by atoms with Crippen molar-refractivity contribution in [1.82, 2.24) is 5.32 Å². The summed E-state index contributed by atoms with van der Waals surface area (Å²) in [4.78, 5) is 24.8. The molecule has 138 valence electrons. The lowest BCUT2D eigenvalue weighted by atomic mass is 10.1. The SMILES string of the molecule is Cc1cccc(OC(C)C(=O)Nc2ccccc2C(=O)NCC(C)C)c1. The molecular weight excluding hydrogens is 328 g/mol. The summed E-state index contributed by atoms with van der Waals surface area (Å²) in [5.41, 5.74) is 1.96. The molecule has 0 aliphatic rings. The maximum atomic E-state index is 12.5. The highest BCUT2D eigenvalue weighted by Gasteiger charge is 2.18. The number of amides is 2. The zero-order valence-electron chi connectivity index (χ0n) is 15.7. The predicted molar refractivity (Wildman–Crippen MR) is 104 cm³/mol. The van der Waals surface area contributed by atoms with Gasteiger partial charge in [-0.25, -0.2) is 0 Å². The summed E-state index contributed by atoms with van der Waals surface area (Å²) < 4.78 is 5.70. The molecule has 2 N–H and O–H groups in total. The summed E-state index contributed by atoms with van der Waals surface area (Å²) >= 11 is 0. The Morgan fingerprint density at radius 2 is 1.77 bits per heavy atom. The van der Waals surface area contributed by atoms with Crippen molar-refractivity contribution >= 4 is 17.5 Å². The summed E-state index contributed by atoms with van der Waals surface area (Å²) in [7, 11) is 0. The average molecular weight is 354 g/mol. The van der Waals surface area contributed by atoms with E-state index in [4.69, 9.17) is 4.74 Å². The lowest BCUT2D eigenvalue weighted by molar-refractivity contribution is -0.122. The molecule has 0 saturated heterocycles. The van der Waals surface area contributed by atoms with Gasteiger partial charge in [0.05, 0.1) is 11.3 Å². The van der Waals surface area contributed by atoms with Gasteiger partial charge in [-0.1, -0.05) is 38.1 Å². The number of nitrogens with one attached hydrogen (secondary N) is 2. The minimum absolute atomic E-state index is 0.207. The third kappa shape index (κ3) is 5.62. The average Bonchev–Trinajstić information content (AvgIpc) is 2.60. The van der Waals surface area contributed by atoms with E-state index in [-0.39, 0.29) is 11.8 Å². The topological polar surface area (TPSA) is 67.4 Å². The van der Waals surface area contributed by atoms with Crippen molar-refractivity contribution in [3.05, 3.63) is 59.7 Å². The van der Waals surface area contributed by atoms with Crippen LogP contribution in [0.3, 0.4) is 0 Å². The zero-order chi connectivity index (χ0) is 19.1. The Bertz CT molecular complexity index is 771. The summed E-state index contributed by atoms with van der Waals surface area (Å²) in [6, 6.07) is 14.5. The Hall–Kier alpha value is -2.82. The maximum Gasteiger partial charge on any atom is 0.265 e. The van der Waals surface area contributed by atoms with Crippen LogP contribution in [0.25, 0.3) is 0 Å². The van der Waals surface area contributed by atoms with Gasteiger partial charge in [0, 0.05) is 6.54 Å². The first kappa shape index (κ1) is 19.5. The molecule has 0 fully saturated rings. The van der Waals surface area contributed by atoms with Crippen LogP contribution in [-0.2, 0) is 4.79 Å². The van der Waals surface area contributed by atoms with Crippen molar-refractivity contribution in [1.29, 1.82) is 0 Å². The van der Waals surface area contributed by atoms with E-state index < -0.39 is 6.10 Å². The third-order valence-corrected chi connectivity index (χ3v) is 3.77. The third-order valence-electron chi connectivity index (χ3n) is 3.77. The maximum absolute atomic E-state index is 12.5. The number of hydrogen-bond donors (Lipinski definition) is 2. The van der Waals surface area contributed by atoms with Crippen molar-refractivity contribution in [3.63, 3.8) is 0 Å². The number of carbonyl (C=O) groups excluding carboxylic acids is 2. The molecule has 2 amide bonds. The van der Waals surface area contributed by atoms with Crippen molar-refractivity contribution in [2.45, 2.75) is 33.8 Å². The number of hydrogen-bond acceptors (Lipinski definition) is 3. The Kier molecular flexibility index (Phi) is 6.78. The van der Waals surface area contributed by atoms with E-state index in [2.05, 4.69) is 10.6 Å². The Morgan fingerprint density at radius 1 is 1.04 bits per heavy atom. The summed E-state index contributed by atoms with van der Waals surface area (Å²) in [6.45, 7) is 8.27. The van der Waals surface area contributed by atoms with Gasteiger partial charge in [0.1, 0.15) is 5.75 Å². The van der Waals surface area contributed by atoms with Crippen molar-refractivity contribution in [2.75, 3.05) is 11.9 Å². The molecule has 0 bridgehead atoms. The van der Waals surface area contributed by atoms with Crippen molar-refractivity contribution < 1.29 is 14.3 Å². The van der Waals surface area contributed by atoms with E-state index in [0.717, 1.165) is 5.56 Å².